The molecule has 8 heteroatoms. The van der Waals surface area contributed by atoms with E-state index in [9.17, 15) is 15.2 Å². The van der Waals surface area contributed by atoms with E-state index in [1.807, 2.05) is 0 Å². The highest BCUT2D eigenvalue weighted by atomic mass is 35.5. The molecule has 122 valence electrons. The summed E-state index contributed by atoms with van der Waals surface area (Å²) in [6.45, 7) is 0. The van der Waals surface area contributed by atoms with Crippen molar-refractivity contribution in [2.75, 3.05) is 0 Å². The van der Waals surface area contributed by atoms with Crippen molar-refractivity contribution >= 4 is 40.2 Å². The fourth-order valence-electron chi connectivity index (χ4n) is 2.39. The molecule has 0 saturated heterocycles. The lowest BCUT2D eigenvalue weighted by Gasteiger charge is -2.27. The minimum atomic E-state index is -1.59. The fourth-order valence-corrected chi connectivity index (χ4v) is 3.54. The minimum absolute atomic E-state index is 0.0542. The summed E-state index contributed by atoms with van der Waals surface area (Å²) in [5.41, 5.74) is -0.891. The number of thiazole rings is 1. The third-order valence-corrected chi connectivity index (χ3v) is 5.00. The maximum atomic E-state index is 11.4. The van der Waals surface area contributed by atoms with Crippen LogP contribution in [0.2, 0.25) is 10.0 Å². The van der Waals surface area contributed by atoms with Crippen LogP contribution in [-0.2, 0) is 5.60 Å². The van der Waals surface area contributed by atoms with Gasteiger partial charge in [0.05, 0.1) is 4.92 Å². The van der Waals surface area contributed by atoms with Gasteiger partial charge in [-0.1, -0.05) is 35.3 Å². The predicted octanol–water partition coefficient (Wildman–Crippen LogP) is 4.64. The summed E-state index contributed by atoms with van der Waals surface area (Å²) in [5.74, 6) is 0. The van der Waals surface area contributed by atoms with Crippen LogP contribution in [0.3, 0.4) is 0 Å². The Morgan fingerprint density at radius 2 is 1.79 bits per heavy atom. The second-order valence-corrected chi connectivity index (χ2v) is 6.72. The Balaban J connectivity index is 2.21. The lowest BCUT2D eigenvalue weighted by atomic mass is 9.86. The van der Waals surface area contributed by atoms with E-state index in [4.69, 9.17) is 23.2 Å². The maximum absolute atomic E-state index is 11.4. The molecular weight excluding hydrogens is 371 g/mol. The van der Waals surface area contributed by atoms with Gasteiger partial charge in [0.2, 0.25) is 0 Å². The molecule has 3 rings (SSSR count). The van der Waals surface area contributed by atoms with Gasteiger partial charge in [0.1, 0.15) is 10.0 Å². The third-order valence-electron chi connectivity index (χ3n) is 3.57. The Morgan fingerprint density at radius 3 is 2.33 bits per heavy atom. The van der Waals surface area contributed by atoms with E-state index < -0.39 is 10.5 Å². The molecule has 1 atom stereocenters. The van der Waals surface area contributed by atoms with Gasteiger partial charge in [-0.15, -0.1) is 11.3 Å². The molecule has 1 heterocycles. The first-order chi connectivity index (χ1) is 11.4. The van der Waals surface area contributed by atoms with Crippen LogP contribution in [0.4, 0.5) is 5.69 Å². The minimum Gasteiger partial charge on any atom is -0.374 e. The van der Waals surface area contributed by atoms with Gasteiger partial charge in [-0.2, -0.15) is 0 Å². The van der Waals surface area contributed by atoms with Crippen molar-refractivity contribution in [3.8, 4) is 0 Å². The molecule has 0 aliphatic rings. The van der Waals surface area contributed by atoms with E-state index in [0.29, 0.717) is 21.2 Å². The smallest absolute Gasteiger partial charge is 0.287 e. The molecule has 0 bridgehead atoms. The fraction of sp³-hybridized carbons (Fsp3) is 0.0625. The molecule has 3 aromatic rings. The summed E-state index contributed by atoms with van der Waals surface area (Å²) in [6.07, 6.45) is 1.58. The van der Waals surface area contributed by atoms with Gasteiger partial charge in [-0.05, 0) is 35.4 Å². The van der Waals surface area contributed by atoms with Crippen LogP contribution in [0.5, 0.6) is 0 Å². The Labute approximate surface area is 151 Å². The van der Waals surface area contributed by atoms with Gasteiger partial charge < -0.3 is 5.11 Å². The zero-order valence-corrected chi connectivity index (χ0v) is 14.3. The summed E-state index contributed by atoms with van der Waals surface area (Å²) < 4.78 is 0. The number of rotatable bonds is 4. The van der Waals surface area contributed by atoms with E-state index in [0.717, 1.165) is 0 Å². The number of hydrogen-bond acceptors (Lipinski definition) is 5. The highest BCUT2D eigenvalue weighted by Crippen LogP contribution is 2.40. The number of aliphatic hydroxyl groups is 1. The Kier molecular flexibility index (Phi) is 4.56. The molecule has 5 nitrogen and oxygen atoms in total. The molecule has 0 aliphatic heterocycles. The molecule has 0 aliphatic carbocycles. The molecule has 0 spiro atoms. The van der Waals surface area contributed by atoms with Crippen molar-refractivity contribution < 1.29 is 10.0 Å². The van der Waals surface area contributed by atoms with Crippen LogP contribution < -0.4 is 0 Å². The van der Waals surface area contributed by atoms with Crippen molar-refractivity contribution in [2.24, 2.45) is 0 Å². The van der Waals surface area contributed by atoms with Gasteiger partial charge in [-0.3, -0.25) is 10.1 Å². The molecular formula is C16H10Cl2N2O3S. The number of benzene rings is 2. The number of nitro benzene ring substituents is 1. The quantitative estimate of drug-likeness (QED) is 0.528. The second-order valence-electron chi connectivity index (χ2n) is 4.98. The van der Waals surface area contributed by atoms with Gasteiger partial charge in [0.15, 0.2) is 5.60 Å². The Morgan fingerprint density at radius 1 is 1.12 bits per heavy atom. The standard InChI is InChI=1S/C16H10Cl2N2O3S/c17-12-4-1-10(2-5-12)16(21,15-19-7-8-24-15)11-3-6-14(20(22)23)13(18)9-11/h1-9,21H. The summed E-state index contributed by atoms with van der Waals surface area (Å²) in [6, 6.07) is 10.8. The van der Waals surface area contributed by atoms with Gasteiger partial charge in [-0.25, -0.2) is 4.98 Å². The maximum Gasteiger partial charge on any atom is 0.287 e. The molecule has 0 amide bonds. The van der Waals surface area contributed by atoms with Gasteiger partial charge in [0, 0.05) is 22.7 Å². The molecule has 24 heavy (non-hydrogen) atoms. The van der Waals surface area contributed by atoms with E-state index >= 15 is 0 Å². The first-order valence-corrected chi connectivity index (χ1v) is 8.39. The van der Waals surface area contributed by atoms with Crippen LogP contribution in [0.25, 0.3) is 0 Å². The molecule has 0 saturated carbocycles. The summed E-state index contributed by atoms with van der Waals surface area (Å²) in [5, 5.41) is 25.0. The second kappa shape index (κ2) is 6.49. The van der Waals surface area contributed by atoms with E-state index in [1.54, 1.807) is 35.8 Å². The number of aromatic nitrogens is 1. The average Bonchev–Trinajstić information content (AvgIpc) is 3.09. The lowest BCUT2D eigenvalue weighted by Crippen LogP contribution is -2.28. The highest BCUT2D eigenvalue weighted by Gasteiger charge is 2.37. The normalized spacial score (nSPS) is 13.5. The molecule has 0 radical (unpaired) electrons. The van der Waals surface area contributed by atoms with Gasteiger partial charge >= 0.3 is 0 Å². The number of halogens is 2. The average molecular weight is 381 g/mol. The summed E-state index contributed by atoms with van der Waals surface area (Å²) in [4.78, 5) is 14.6. The predicted molar refractivity (Wildman–Crippen MR) is 93.8 cm³/mol. The van der Waals surface area contributed by atoms with E-state index in [2.05, 4.69) is 4.98 Å². The van der Waals surface area contributed by atoms with Crippen LogP contribution in [0, 0.1) is 10.1 Å². The first-order valence-electron chi connectivity index (χ1n) is 6.75. The zero-order valence-electron chi connectivity index (χ0n) is 12.0. The molecule has 1 unspecified atom stereocenters. The monoisotopic (exact) mass is 380 g/mol. The summed E-state index contributed by atoms with van der Waals surface area (Å²) >= 11 is 13.2. The summed E-state index contributed by atoms with van der Waals surface area (Å²) in [7, 11) is 0. The zero-order chi connectivity index (χ0) is 17.3. The lowest BCUT2D eigenvalue weighted by molar-refractivity contribution is -0.384. The van der Waals surface area contributed by atoms with Crippen molar-refractivity contribution in [3.05, 3.63) is 90.3 Å². The van der Waals surface area contributed by atoms with Crippen LogP contribution in [0.15, 0.2) is 54.0 Å². The van der Waals surface area contributed by atoms with Crippen molar-refractivity contribution in [2.45, 2.75) is 5.60 Å². The third kappa shape index (κ3) is 2.89. The topological polar surface area (TPSA) is 76.3 Å². The van der Waals surface area contributed by atoms with Crippen molar-refractivity contribution in [3.63, 3.8) is 0 Å². The number of nitrogens with zero attached hydrogens (tertiary/aromatic N) is 2. The van der Waals surface area contributed by atoms with Crippen molar-refractivity contribution in [1.29, 1.82) is 0 Å². The van der Waals surface area contributed by atoms with Crippen LogP contribution in [0.1, 0.15) is 16.1 Å². The van der Waals surface area contributed by atoms with Crippen LogP contribution >= 0.6 is 34.5 Å². The van der Waals surface area contributed by atoms with Crippen molar-refractivity contribution in [1.82, 2.24) is 4.98 Å². The number of hydrogen-bond donors (Lipinski definition) is 1. The largest absolute Gasteiger partial charge is 0.374 e. The van der Waals surface area contributed by atoms with Crippen LogP contribution in [-0.4, -0.2) is 15.0 Å². The molecule has 1 aromatic heterocycles. The van der Waals surface area contributed by atoms with E-state index in [-0.39, 0.29) is 10.7 Å². The SMILES string of the molecule is O=[N+]([O-])c1ccc(C(O)(c2ccc(Cl)cc2)c2nccs2)cc1Cl. The van der Waals surface area contributed by atoms with E-state index in [1.165, 1.54) is 29.5 Å². The highest BCUT2D eigenvalue weighted by molar-refractivity contribution is 7.09. The van der Waals surface area contributed by atoms with Gasteiger partial charge in [0.25, 0.3) is 5.69 Å². The molecule has 2 aromatic carbocycles. The Hall–Kier alpha value is -1.99. The molecule has 1 N–H and O–H groups in total. The first kappa shape index (κ1) is 16.9. The molecule has 0 fully saturated rings. The Bertz CT molecular complexity index is 885. The number of nitro groups is 1.